The Hall–Kier alpha value is -1.72. The summed E-state index contributed by atoms with van der Waals surface area (Å²) in [6.07, 6.45) is -0.356. The summed E-state index contributed by atoms with van der Waals surface area (Å²) in [7, 11) is 0. The summed E-state index contributed by atoms with van der Waals surface area (Å²) < 4.78 is 42.6. The molecule has 0 spiro atoms. The second-order valence-electron chi connectivity index (χ2n) is 3.88. The first-order valence-electron chi connectivity index (χ1n) is 5.89. The highest BCUT2D eigenvalue weighted by molar-refractivity contribution is 8.00. The first-order chi connectivity index (χ1) is 9.82. The Morgan fingerprint density at radius 3 is 2.62 bits per heavy atom. The van der Waals surface area contributed by atoms with E-state index in [2.05, 4.69) is 0 Å². The van der Waals surface area contributed by atoms with Gasteiger partial charge in [0.25, 0.3) is 0 Å². The topological polar surface area (TPSA) is 70.3 Å². The summed E-state index contributed by atoms with van der Waals surface area (Å²) in [4.78, 5) is 11.1. The number of benzene rings is 1. The third kappa shape index (κ3) is 4.95. The predicted octanol–water partition coefficient (Wildman–Crippen LogP) is 2.77. The Kier molecular flexibility index (Phi) is 6.05. The molecule has 0 aliphatic carbocycles. The Morgan fingerprint density at radius 2 is 2.14 bits per heavy atom. The largest absolute Gasteiger partial charge is 0.466 e. The van der Waals surface area contributed by atoms with Gasteiger partial charge in [-0.1, -0.05) is 6.07 Å². The molecule has 0 saturated heterocycles. The zero-order chi connectivity index (χ0) is 16.0. The number of carbonyl (C=O) groups excluding carboxylic acids is 1. The van der Waals surface area contributed by atoms with E-state index in [-0.39, 0.29) is 34.6 Å². The van der Waals surface area contributed by atoms with Crippen LogP contribution in [0.5, 0.6) is 0 Å². The molecule has 0 bridgehead atoms. The number of hydrogen-bond acceptors (Lipinski definition) is 5. The molecule has 1 aromatic rings. The highest BCUT2D eigenvalue weighted by Gasteiger charge is 2.32. The van der Waals surface area contributed by atoms with Crippen LogP contribution in [0.3, 0.4) is 0 Å². The Bertz CT molecular complexity index is 567. The van der Waals surface area contributed by atoms with E-state index in [4.69, 9.17) is 10.00 Å². The highest BCUT2D eigenvalue weighted by atomic mass is 32.2. The third-order valence-electron chi connectivity index (χ3n) is 2.48. The second-order valence-corrected chi connectivity index (χ2v) is 4.95. The molecule has 0 heterocycles. The summed E-state index contributed by atoms with van der Waals surface area (Å²) in [5, 5.41) is 18.1. The molecule has 0 unspecified atom stereocenters. The van der Waals surface area contributed by atoms with Crippen molar-refractivity contribution >= 4 is 17.7 Å². The Morgan fingerprint density at radius 1 is 1.48 bits per heavy atom. The van der Waals surface area contributed by atoms with E-state index in [9.17, 15) is 23.1 Å². The first-order valence-corrected chi connectivity index (χ1v) is 6.71. The number of hydrogen-bond donors (Lipinski definition) is 1. The van der Waals surface area contributed by atoms with Crippen LogP contribution >= 0.6 is 11.8 Å². The van der Waals surface area contributed by atoms with Gasteiger partial charge >= 0.3 is 11.5 Å². The zero-order valence-corrected chi connectivity index (χ0v) is 11.8. The van der Waals surface area contributed by atoms with Gasteiger partial charge in [0.15, 0.2) is 0 Å². The van der Waals surface area contributed by atoms with Crippen LogP contribution < -0.4 is 0 Å². The number of halogens is 3. The lowest BCUT2D eigenvalue weighted by Gasteiger charge is -2.15. The number of aliphatic hydroxyl groups is 1. The molecular formula is C13H12F3NO3S. The minimum absolute atomic E-state index is 0.0585. The summed E-state index contributed by atoms with van der Waals surface area (Å²) in [6, 6.07) is 4.27. The molecule has 0 amide bonds. The van der Waals surface area contributed by atoms with Crippen LogP contribution in [0.15, 0.2) is 17.0 Å². The van der Waals surface area contributed by atoms with Crippen LogP contribution in [0.1, 0.15) is 23.6 Å². The molecule has 0 radical (unpaired) electrons. The van der Waals surface area contributed by atoms with Crippen molar-refractivity contribution in [2.24, 2.45) is 0 Å². The van der Waals surface area contributed by atoms with Gasteiger partial charge < -0.3 is 9.84 Å². The molecule has 21 heavy (non-hydrogen) atoms. The molecule has 0 saturated carbocycles. The highest BCUT2D eigenvalue weighted by Crippen LogP contribution is 2.41. The van der Waals surface area contributed by atoms with Gasteiger partial charge in [0.2, 0.25) is 0 Å². The second kappa shape index (κ2) is 7.33. The molecule has 0 aromatic heterocycles. The van der Waals surface area contributed by atoms with Crippen molar-refractivity contribution in [1.82, 2.24) is 0 Å². The third-order valence-corrected chi connectivity index (χ3v) is 3.42. The number of thioether (sulfide) groups is 1. The standard InChI is InChI=1S/C13H12F3NO3S/c1-2-20-11(19)5-8-3-4-9(6-17)10(7-18)12(8)21-13(14,15)16/h3-4,18H,2,5,7H2,1H3. The molecule has 114 valence electrons. The summed E-state index contributed by atoms with van der Waals surface area (Å²) in [5.74, 6) is -0.671. The van der Waals surface area contributed by atoms with Crippen molar-refractivity contribution in [3.8, 4) is 6.07 Å². The van der Waals surface area contributed by atoms with Gasteiger partial charge in [-0.25, -0.2) is 0 Å². The lowest BCUT2D eigenvalue weighted by molar-refractivity contribution is -0.142. The van der Waals surface area contributed by atoms with Crippen molar-refractivity contribution in [2.45, 2.75) is 30.4 Å². The lowest BCUT2D eigenvalue weighted by atomic mass is 10.0. The number of nitriles is 1. The maximum absolute atomic E-state index is 12.6. The number of alkyl halides is 3. The molecule has 0 atom stereocenters. The van der Waals surface area contributed by atoms with Gasteiger partial charge in [0.05, 0.1) is 31.3 Å². The molecule has 1 rings (SSSR count). The van der Waals surface area contributed by atoms with Gasteiger partial charge in [-0.3, -0.25) is 4.79 Å². The lowest BCUT2D eigenvalue weighted by Crippen LogP contribution is -2.11. The first kappa shape index (κ1) is 17.3. The zero-order valence-electron chi connectivity index (χ0n) is 11.0. The number of nitrogens with zero attached hydrogens (tertiary/aromatic N) is 1. The van der Waals surface area contributed by atoms with Gasteiger partial charge in [-0.2, -0.15) is 18.4 Å². The minimum Gasteiger partial charge on any atom is -0.466 e. The number of aliphatic hydroxyl groups excluding tert-OH is 1. The van der Waals surface area contributed by atoms with E-state index >= 15 is 0 Å². The fourth-order valence-corrected chi connectivity index (χ4v) is 2.49. The van der Waals surface area contributed by atoms with E-state index in [1.165, 1.54) is 12.1 Å². The quantitative estimate of drug-likeness (QED) is 0.667. The number of ether oxygens (including phenoxy) is 1. The monoisotopic (exact) mass is 319 g/mol. The van der Waals surface area contributed by atoms with Gasteiger partial charge in [0, 0.05) is 10.5 Å². The van der Waals surface area contributed by atoms with Gasteiger partial charge in [-0.05, 0) is 30.3 Å². The molecule has 0 aliphatic rings. The molecule has 8 heteroatoms. The van der Waals surface area contributed by atoms with E-state index in [0.717, 1.165) is 0 Å². The average molecular weight is 319 g/mol. The minimum atomic E-state index is -4.60. The summed E-state index contributed by atoms with van der Waals surface area (Å²) >= 11 is -0.451. The summed E-state index contributed by atoms with van der Waals surface area (Å²) in [6.45, 7) is 0.975. The van der Waals surface area contributed by atoms with Crippen molar-refractivity contribution in [2.75, 3.05) is 6.61 Å². The van der Waals surface area contributed by atoms with Crippen LogP contribution in [0.25, 0.3) is 0 Å². The van der Waals surface area contributed by atoms with Crippen molar-refractivity contribution in [1.29, 1.82) is 5.26 Å². The van der Waals surface area contributed by atoms with Crippen LogP contribution in [0.2, 0.25) is 0 Å². The SMILES string of the molecule is CCOC(=O)Cc1ccc(C#N)c(CO)c1SC(F)(F)F. The van der Waals surface area contributed by atoms with Gasteiger partial charge in [-0.15, -0.1) is 0 Å². The van der Waals surface area contributed by atoms with E-state index in [1.54, 1.807) is 13.0 Å². The molecule has 0 fully saturated rings. The van der Waals surface area contributed by atoms with Gasteiger partial charge in [0.1, 0.15) is 0 Å². The molecule has 1 aromatic carbocycles. The Labute approximate surface area is 123 Å². The Balaban J connectivity index is 3.29. The molecular weight excluding hydrogens is 307 g/mol. The number of esters is 1. The van der Waals surface area contributed by atoms with Crippen LogP contribution in [-0.2, 0) is 22.6 Å². The fourth-order valence-electron chi connectivity index (χ4n) is 1.69. The van der Waals surface area contributed by atoms with E-state index in [0.29, 0.717) is 0 Å². The van der Waals surface area contributed by atoms with E-state index < -0.39 is 29.8 Å². The van der Waals surface area contributed by atoms with Crippen LogP contribution in [-0.4, -0.2) is 23.2 Å². The normalized spacial score (nSPS) is 11.0. The summed E-state index contributed by atoms with van der Waals surface area (Å²) in [5.41, 5.74) is -4.72. The van der Waals surface area contributed by atoms with Crippen molar-refractivity contribution < 1.29 is 27.8 Å². The maximum Gasteiger partial charge on any atom is 0.446 e. The smallest absolute Gasteiger partial charge is 0.446 e. The predicted molar refractivity (Wildman–Crippen MR) is 69.3 cm³/mol. The molecule has 4 nitrogen and oxygen atoms in total. The van der Waals surface area contributed by atoms with Crippen LogP contribution in [0, 0.1) is 11.3 Å². The molecule has 1 N–H and O–H groups in total. The van der Waals surface area contributed by atoms with E-state index in [1.807, 2.05) is 0 Å². The maximum atomic E-state index is 12.6. The average Bonchev–Trinajstić information content (AvgIpc) is 2.39. The number of rotatable bonds is 5. The van der Waals surface area contributed by atoms with Crippen molar-refractivity contribution in [3.63, 3.8) is 0 Å². The molecule has 0 aliphatic heterocycles. The number of carbonyl (C=O) groups is 1. The fraction of sp³-hybridized carbons (Fsp3) is 0.385. The van der Waals surface area contributed by atoms with Crippen LogP contribution in [0.4, 0.5) is 13.2 Å². The van der Waals surface area contributed by atoms with Crippen molar-refractivity contribution in [3.05, 3.63) is 28.8 Å².